The molecule has 0 aliphatic heterocycles. The van der Waals surface area contributed by atoms with Gasteiger partial charge in [-0.25, -0.2) is 9.78 Å². The van der Waals surface area contributed by atoms with Gasteiger partial charge in [-0.3, -0.25) is 9.36 Å². The molecule has 7 heteroatoms. The second-order valence-corrected chi connectivity index (χ2v) is 6.27. The van der Waals surface area contributed by atoms with Gasteiger partial charge < -0.3 is 9.15 Å². The number of fused-ring (bicyclic) bond motifs is 2. The number of carbonyl (C=O) groups excluding carboxylic acids is 1. The molecule has 6 nitrogen and oxygen atoms in total. The summed E-state index contributed by atoms with van der Waals surface area (Å²) < 4.78 is 12.6. The van der Waals surface area contributed by atoms with Crippen LogP contribution in [-0.2, 0) is 22.7 Å². The van der Waals surface area contributed by atoms with Crippen LogP contribution < -0.4 is 5.76 Å². The van der Waals surface area contributed by atoms with E-state index in [1.807, 2.05) is 24.3 Å². The van der Waals surface area contributed by atoms with E-state index in [9.17, 15) is 9.59 Å². The highest BCUT2D eigenvalue weighted by Crippen LogP contribution is 2.22. The summed E-state index contributed by atoms with van der Waals surface area (Å²) in [5, 5.41) is 0.717. The zero-order chi connectivity index (χ0) is 16.5. The van der Waals surface area contributed by atoms with Gasteiger partial charge >= 0.3 is 11.7 Å². The molecule has 0 aliphatic carbocycles. The highest BCUT2D eigenvalue weighted by Gasteiger charge is 2.14. The Labute approximate surface area is 139 Å². The maximum absolute atomic E-state index is 12.0. The minimum absolute atomic E-state index is 0.0860. The number of nitrogens with zero attached hydrogens (tertiary/aromatic N) is 2. The number of para-hydroxylation sites is 3. The van der Waals surface area contributed by atoms with E-state index in [1.165, 1.54) is 15.9 Å². The van der Waals surface area contributed by atoms with Crippen molar-refractivity contribution < 1.29 is 13.9 Å². The Bertz CT molecular complexity index is 1060. The van der Waals surface area contributed by atoms with Crippen LogP contribution in [-0.4, -0.2) is 15.5 Å². The highest BCUT2D eigenvalue weighted by atomic mass is 32.1. The van der Waals surface area contributed by atoms with Crippen molar-refractivity contribution in [2.24, 2.45) is 0 Å². The largest absolute Gasteiger partial charge is 0.457 e. The van der Waals surface area contributed by atoms with E-state index < -0.39 is 11.7 Å². The van der Waals surface area contributed by atoms with Gasteiger partial charge in [-0.15, -0.1) is 11.3 Å². The van der Waals surface area contributed by atoms with Crippen LogP contribution in [0.1, 0.15) is 5.01 Å². The maximum atomic E-state index is 12.0. The number of rotatable bonds is 4. The predicted octanol–water partition coefficient (Wildman–Crippen LogP) is 2.95. The molecule has 4 aromatic rings. The molecule has 120 valence electrons. The van der Waals surface area contributed by atoms with Gasteiger partial charge in [0.1, 0.15) is 18.2 Å². The molecule has 4 rings (SSSR count). The average molecular weight is 340 g/mol. The standard InChI is InChI=1S/C17H12N2O4S/c20-16(9-19-12-6-2-3-7-13(12)23-17(19)21)22-10-15-18-11-5-1-4-8-14(11)24-15/h1-8H,9-10H2. The maximum Gasteiger partial charge on any atom is 0.420 e. The van der Waals surface area contributed by atoms with Crippen LogP contribution in [0.3, 0.4) is 0 Å². The smallest absolute Gasteiger partial charge is 0.420 e. The molecule has 0 unspecified atom stereocenters. The lowest BCUT2D eigenvalue weighted by molar-refractivity contribution is -0.145. The summed E-state index contributed by atoms with van der Waals surface area (Å²) in [4.78, 5) is 28.3. The Balaban J connectivity index is 1.48. The number of carbonyl (C=O) groups is 1. The molecule has 0 spiro atoms. The van der Waals surface area contributed by atoms with Crippen molar-refractivity contribution in [2.45, 2.75) is 13.2 Å². The third-order valence-electron chi connectivity index (χ3n) is 3.56. The molecule has 0 N–H and O–H groups in total. The number of oxazole rings is 1. The van der Waals surface area contributed by atoms with E-state index in [1.54, 1.807) is 24.3 Å². The number of esters is 1. The van der Waals surface area contributed by atoms with Gasteiger partial charge in [-0.1, -0.05) is 24.3 Å². The fourth-order valence-electron chi connectivity index (χ4n) is 2.46. The number of benzene rings is 2. The molecule has 0 aliphatic rings. The molecular weight excluding hydrogens is 328 g/mol. The van der Waals surface area contributed by atoms with E-state index in [0.717, 1.165) is 10.2 Å². The van der Waals surface area contributed by atoms with Crippen LogP contribution in [0, 0.1) is 0 Å². The van der Waals surface area contributed by atoms with E-state index in [-0.39, 0.29) is 13.2 Å². The van der Waals surface area contributed by atoms with Crippen molar-refractivity contribution in [1.82, 2.24) is 9.55 Å². The number of thiazole rings is 1. The fraction of sp³-hybridized carbons (Fsp3) is 0.118. The second-order valence-electron chi connectivity index (χ2n) is 5.16. The first-order valence-electron chi connectivity index (χ1n) is 7.29. The molecule has 2 aromatic carbocycles. The first-order chi connectivity index (χ1) is 11.7. The quantitative estimate of drug-likeness (QED) is 0.534. The van der Waals surface area contributed by atoms with Crippen LogP contribution in [0.2, 0.25) is 0 Å². The second kappa shape index (κ2) is 5.93. The number of ether oxygens (including phenoxy) is 1. The van der Waals surface area contributed by atoms with Gasteiger partial charge in [0.05, 0.1) is 15.7 Å². The minimum atomic E-state index is -0.576. The lowest BCUT2D eigenvalue weighted by Gasteiger charge is -2.03. The zero-order valence-corrected chi connectivity index (χ0v) is 13.3. The molecule has 2 heterocycles. The van der Waals surface area contributed by atoms with Crippen molar-refractivity contribution in [3.63, 3.8) is 0 Å². The van der Waals surface area contributed by atoms with Crippen LogP contribution in [0.25, 0.3) is 21.3 Å². The normalized spacial score (nSPS) is 11.2. The van der Waals surface area contributed by atoms with Crippen LogP contribution in [0.15, 0.2) is 57.7 Å². The number of hydrogen-bond acceptors (Lipinski definition) is 6. The highest BCUT2D eigenvalue weighted by molar-refractivity contribution is 7.18. The lowest BCUT2D eigenvalue weighted by Crippen LogP contribution is -2.21. The van der Waals surface area contributed by atoms with Crippen molar-refractivity contribution in [1.29, 1.82) is 0 Å². The summed E-state index contributed by atoms with van der Waals surface area (Å²) in [6.07, 6.45) is 0. The number of aromatic nitrogens is 2. The van der Waals surface area contributed by atoms with Crippen molar-refractivity contribution >= 4 is 38.6 Å². The zero-order valence-electron chi connectivity index (χ0n) is 12.5. The monoisotopic (exact) mass is 340 g/mol. The molecular formula is C17H12N2O4S. The van der Waals surface area contributed by atoms with Crippen molar-refractivity contribution in [3.05, 3.63) is 64.1 Å². The number of hydrogen-bond donors (Lipinski definition) is 0. The Morgan fingerprint density at radius 3 is 2.83 bits per heavy atom. The Kier molecular flexibility index (Phi) is 3.62. The average Bonchev–Trinajstić information content (AvgIpc) is 3.14. The Morgan fingerprint density at radius 2 is 1.96 bits per heavy atom. The minimum Gasteiger partial charge on any atom is -0.457 e. The van der Waals surface area contributed by atoms with Crippen LogP contribution in [0.5, 0.6) is 0 Å². The van der Waals surface area contributed by atoms with Crippen molar-refractivity contribution in [2.75, 3.05) is 0 Å². The van der Waals surface area contributed by atoms with Gasteiger partial charge in [0.2, 0.25) is 0 Å². The lowest BCUT2D eigenvalue weighted by atomic mass is 10.3. The third kappa shape index (κ3) is 2.69. The summed E-state index contributed by atoms with van der Waals surface area (Å²) in [7, 11) is 0. The van der Waals surface area contributed by atoms with E-state index in [4.69, 9.17) is 9.15 Å². The van der Waals surface area contributed by atoms with Crippen molar-refractivity contribution in [3.8, 4) is 0 Å². The summed E-state index contributed by atoms with van der Waals surface area (Å²) >= 11 is 1.48. The molecule has 0 radical (unpaired) electrons. The molecule has 0 fully saturated rings. The molecule has 0 saturated heterocycles. The van der Waals surface area contributed by atoms with Gasteiger partial charge in [0, 0.05) is 0 Å². The van der Waals surface area contributed by atoms with E-state index in [0.29, 0.717) is 16.1 Å². The first kappa shape index (κ1) is 14.6. The molecule has 0 atom stereocenters. The van der Waals surface area contributed by atoms with Gasteiger partial charge in [0.15, 0.2) is 5.58 Å². The summed E-state index contributed by atoms with van der Waals surface area (Å²) in [6.45, 7) is -0.108. The topological polar surface area (TPSA) is 74.3 Å². The van der Waals surface area contributed by atoms with E-state index >= 15 is 0 Å². The first-order valence-corrected chi connectivity index (χ1v) is 8.11. The van der Waals surface area contributed by atoms with Gasteiger partial charge in [0.25, 0.3) is 0 Å². The molecule has 24 heavy (non-hydrogen) atoms. The van der Waals surface area contributed by atoms with Gasteiger partial charge in [-0.2, -0.15) is 0 Å². The summed E-state index contributed by atoms with van der Waals surface area (Å²) in [6, 6.07) is 14.7. The Hall–Kier alpha value is -2.93. The van der Waals surface area contributed by atoms with E-state index in [2.05, 4.69) is 4.98 Å². The van der Waals surface area contributed by atoms with Gasteiger partial charge in [-0.05, 0) is 24.3 Å². The summed E-state index contributed by atoms with van der Waals surface area (Å²) in [5.41, 5.74) is 1.89. The third-order valence-corrected chi connectivity index (χ3v) is 4.57. The molecule has 2 aromatic heterocycles. The molecule has 0 bridgehead atoms. The Morgan fingerprint density at radius 1 is 1.17 bits per heavy atom. The summed E-state index contributed by atoms with van der Waals surface area (Å²) in [5.74, 6) is -1.09. The molecule has 0 amide bonds. The van der Waals surface area contributed by atoms with Crippen LogP contribution >= 0.6 is 11.3 Å². The molecule has 0 saturated carbocycles. The van der Waals surface area contributed by atoms with Crippen LogP contribution in [0.4, 0.5) is 0 Å². The SMILES string of the molecule is O=C(Cn1c(=O)oc2ccccc21)OCc1nc2ccccc2s1. The predicted molar refractivity (Wildman–Crippen MR) is 89.9 cm³/mol. The fourth-order valence-corrected chi connectivity index (χ4v) is 3.34.